The van der Waals surface area contributed by atoms with Crippen molar-refractivity contribution in [3.8, 4) is 0 Å². The summed E-state index contributed by atoms with van der Waals surface area (Å²) in [5.74, 6) is 0.792. The zero-order chi connectivity index (χ0) is 11.5. The number of halogens is 2. The van der Waals surface area contributed by atoms with Crippen LogP contribution in [0.5, 0.6) is 0 Å². The Kier molecular flexibility index (Phi) is 4.02. The van der Waals surface area contributed by atoms with E-state index < -0.39 is 0 Å². The predicted molar refractivity (Wildman–Crippen MR) is 68.0 cm³/mol. The van der Waals surface area contributed by atoms with Gasteiger partial charge in [0.05, 0.1) is 21.6 Å². The molecule has 16 heavy (non-hydrogen) atoms. The van der Waals surface area contributed by atoms with E-state index in [1.807, 2.05) is 6.07 Å². The quantitative estimate of drug-likeness (QED) is 0.895. The van der Waals surface area contributed by atoms with Crippen LogP contribution in [-0.4, -0.2) is 37.3 Å². The molecular weight excluding hydrogens is 293 g/mol. The Bertz CT molecular complexity index is 377. The second-order valence-corrected chi connectivity index (χ2v) is 4.96. The largest absolute Gasteiger partial charge is 0.378 e. The summed E-state index contributed by atoms with van der Waals surface area (Å²) in [4.78, 5) is 4.24. The molecule has 1 saturated heterocycles. The van der Waals surface area contributed by atoms with E-state index in [-0.39, 0.29) is 12.1 Å². The summed E-state index contributed by atoms with van der Waals surface area (Å²) in [6, 6.07) is 2.05. The fraction of sp³-hybridized carbons (Fsp3) is 0.500. The van der Waals surface area contributed by atoms with Crippen molar-refractivity contribution in [3.05, 3.63) is 21.8 Å². The van der Waals surface area contributed by atoms with Gasteiger partial charge in [0.25, 0.3) is 0 Å². The molecule has 2 N–H and O–H groups in total. The average molecular weight is 307 g/mol. The van der Waals surface area contributed by atoms with E-state index in [1.165, 1.54) is 0 Å². The molecule has 1 unspecified atom stereocenters. The van der Waals surface area contributed by atoms with Crippen LogP contribution in [0.2, 0.25) is 5.02 Å². The molecule has 0 aromatic carbocycles. The van der Waals surface area contributed by atoms with Crippen LogP contribution in [-0.2, 0) is 4.74 Å². The van der Waals surface area contributed by atoms with Gasteiger partial charge in [-0.15, -0.1) is 0 Å². The van der Waals surface area contributed by atoms with Gasteiger partial charge in [-0.25, -0.2) is 4.98 Å². The number of hydrogen-bond donors (Lipinski definition) is 2. The summed E-state index contributed by atoms with van der Waals surface area (Å²) in [7, 11) is 1.72. The number of hydrogen-bond acceptors (Lipinski definition) is 4. The zero-order valence-electron chi connectivity index (χ0n) is 8.84. The van der Waals surface area contributed by atoms with Gasteiger partial charge >= 0.3 is 0 Å². The number of aromatic nitrogens is 1. The lowest BCUT2D eigenvalue weighted by atomic mass is 10.2. The first-order valence-corrected chi connectivity index (χ1v) is 6.19. The maximum Gasteiger partial charge on any atom is 0.140 e. The van der Waals surface area contributed by atoms with E-state index in [0.29, 0.717) is 5.02 Å². The van der Waals surface area contributed by atoms with Crippen LogP contribution in [0.15, 0.2) is 16.7 Å². The average Bonchev–Trinajstić information content (AvgIpc) is 2.69. The molecule has 2 atom stereocenters. The molecule has 2 heterocycles. The zero-order valence-corrected chi connectivity index (χ0v) is 11.2. The molecule has 1 aromatic rings. The molecule has 4 nitrogen and oxygen atoms in total. The monoisotopic (exact) mass is 305 g/mol. The molecule has 0 radical (unpaired) electrons. The molecule has 1 aliphatic heterocycles. The summed E-state index contributed by atoms with van der Waals surface area (Å²) in [5.41, 5.74) is 0. The van der Waals surface area contributed by atoms with Crippen molar-refractivity contribution >= 4 is 33.3 Å². The highest BCUT2D eigenvalue weighted by molar-refractivity contribution is 9.10. The van der Waals surface area contributed by atoms with Gasteiger partial charge in [0.2, 0.25) is 0 Å². The molecular formula is C10H13BrClN3O. The summed E-state index contributed by atoms with van der Waals surface area (Å²) in [6.07, 6.45) is 1.79. The Morgan fingerprint density at radius 3 is 3.12 bits per heavy atom. The maximum atomic E-state index is 5.83. The number of anilines is 1. The first-order valence-electron chi connectivity index (χ1n) is 5.02. The summed E-state index contributed by atoms with van der Waals surface area (Å²) in [6.45, 7) is 1.73. The van der Waals surface area contributed by atoms with Gasteiger partial charge in [0.15, 0.2) is 0 Å². The highest BCUT2D eigenvalue weighted by Gasteiger charge is 2.27. The van der Waals surface area contributed by atoms with Crippen molar-refractivity contribution in [3.63, 3.8) is 0 Å². The Labute approximate surface area is 108 Å². The van der Waals surface area contributed by atoms with Crippen LogP contribution in [0.4, 0.5) is 5.82 Å². The third kappa shape index (κ3) is 2.66. The number of nitrogens with one attached hydrogen (secondary N) is 2. The molecule has 0 aliphatic carbocycles. The van der Waals surface area contributed by atoms with Crippen LogP contribution in [0.1, 0.15) is 0 Å². The highest BCUT2D eigenvalue weighted by Crippen LogP contribution is 2.24. The van der Waals surface area contributed by atoms with Crippen LogP contribution in [0.3, 0.4) is 0 Å². The highest BCUT2D eigenvalue weighted by atomic mass is 79.9. The fourth-order valence-corrected chi connectivity index (χ4v) is 2.50. The van der Waals surface area contributed by atoms with Crippen molar-refractivity contribution < 1.29 is 4.74 Å². The number of nitrogens with zero attached hydrogens (tertiary/aromatic N) is 1. The Balaban J connectivity index is 2.08. The summed E-state index contributed by atoms with van der Waals surface area (Å²) >= 11 is 9.26. The first-order chi connectivity index (χ1) is 7.70. The van der Waals surface area contributed by atoms with Crippen molar-refractivity contribution in [2.24, 2.45) is 0 Å². The van der Waals surface area contributed by atoms with Crippen LogP contribution in [0.25, 0.3) is 0 Å². The molecule has 1 aliphatic rings. The number of ether oxygens (including phenoxy) is 1. The molecule has 0 spiro atoms. The van der Waals surface area contributed by atoms with Crippen LogP contribution < -0.4 is 10.6 Å². The second-order valence-electron chi connectivity index (χ2n) is 3.67. The molecule has 0 amide bonds. The third-order valence-corrected chi connectivity index (χ3v) is 3.40. The van der Waals surface area contributed by atoms with E-state index in [1.54, 1.807) is 13.3 Å². The minimum Gasteiger partial charge on any atom is -0.378 e. The topological polar surface area (TPSA) is 46.2 Å². The van der Waals surface area contributed by atoms with Gasteiger partial charge in [-0.1, -0.05) is 11.6 Å². The molecule has 0 bridgehead atoms. The molecule has 88 valence electrons. The third-order valence-electron chi connectivity index (χ3n) is 2.59. The van der Waals surface area contributed by atoms with Gasteiger partial charge in [-0.2, -0.15) is 0 Å². The van der Waals surface area contributed by atoms with Crippen molar-refractivity contribution in [1.29, 1.82) is 0 Å². The second kappa shape index (κ2) is 5.31. The lowest BCUT2D eigenvalue weighted by Gasteiger charge is -2.19. The lowest BCUT2D eigenvalue weighted by molar-refractivity contribution is 0.111. The minimum absolute atomic E-state index is 0.171. The first kappa shape index (κ1) is 12.1. The fourth-order valence-electron chi connectivity index (χ4n) is 1.74. The van der Waals surface area contributed by atoms with E-state index >= 15 is 0 Å². The number of rotatable bonds is 3. The van der Waals surface area contributed by atoms with Crippen LogP contribution >= 0.6 is 27.5 Å². The SMILES string of the molecule is CO[C@H]1CNCC1Nc1ncc(Cl)cc1Br. The molecule has 2 rings (SSSR count). The van der Waals surface area contributed by atoms with Gasteiger partial charge in [0.1, 0.15) is 5.82 Å². The maximum absolute atomic E-state index is 5.83. The Morgan fingerprint density at radius 2 is 2.44 bits per heavy atom. The summed E-state index contributed by atoms with van der Waals surface area (Å²) < 4.78 is 6.23. The van der Waals surface area contributed by atoms with Gasteiger partial charge in [-0.05, 0) is 22.0 Å². The van der Waals surface area contributed by atoms with E-state index in [9.17, 15) is 0 Å². The van der Waals surface area contributed by atoms with Crippen molar-refractivity contribution in [1.82, 2.24) is 10.3 Å². The normalized spacial score (nSPS) is 24.7. The number of pyridine rings is 1. The van der Waals surface area contributed by atoms with Crippen LogP contribution in [0, 0.1) is 0 Å². The molecule has 1 aromatic heterocycles. The Hall–Kier alpha value is -0.360. The van der Waals surface area contributed by atoms with Gasteiger partial charge in [-0.3, -0.25) is 0 Å². The van der Waals surface area contributed by atoms with Crippen molar-refractivity contribution in [2.75, 3.05) is 25.5 Å². The smallest absolute Gasteiger partial charge is 0.140 e. The predicted octanol–water partition coefficient (Wildman–Crippen LogP) is 1.90. The molecule has 0 saturated carbocycles. The molecule has 6 heteroatoms. The standard InChI is InChI=1S/C10H13BrClN3O/c1-16-9-5-13-4-8(9)15-10-7(11)2-6(12)3-14-10/h2-3,8-9,13H,4-5H2,1H3,(H,14,15)/t8?,9-/m0/s1. The van der Waals surface area contributed by atoms with Crippen molar-refractivity contribution in [2.45, 2.75) is 12.1 Å². The lowest BCUT2D eigenvalue weighted by Crippen LogP contribution is -2.33. The number of methoxy groups -OCH3 is 1. The Morgan fingerprint density at radius 1 is 1.62 bits per heavy atom. The van der Waals surface area contributed by atoms with Gasteiger partial charge in [0, 0.05) is 26.4 Å². The minimum atomic E-state index is 0.171. The van der Waals surface area contributed by atoms with E-state index in [4.69, 9.17) is 16.3 Å². The van der Waals surface area contributed by atoms with E-state index in [0.717, 1.165) is 23.4 Å². The molecule has 1 fully saturated rings. The van der Waals surface area contributed by atoms with E-state index in [2.05, 4.69) is 31.5 Å². The van der Waals surface area contributed by atoms with Gasteiger partial charge < -0.3 is 15.4 Å². The summed E-state index contributed by atoms with van der Waals surface area (Å²) in [5, 5.41) is 7.22.